The van der Waals surface area contributed by atoms with Crippen LogP contribution in [0.2, 0.25) is 58.9 Å². The van der Waals surface area contributed by atoms with Gasteiger partial charge in [0.2, 0.25) is 0 Å². The summed E-state index contributed by atoms with van der Waals surface area (Å²) in [5.74, 6) is 2.88. The number of rotatable bonds is 7. The number of hydrogen-bond acceptors (Lipinski definition) is 3. The Hall–Kier alpha value is 0.271. The molecule has 0 aliphatic heterocycles. The van der Waals surface area contributed by atoms with Crippen molar-refractivity contribution < 1.29 is 13.3 Å². The SMILES string of the molecule is C[C@@H](O[Si](C)(C)C)[C@H]1[C@H](O[Si](C)(C)C)C[C@H]2[C@@H]3CC=C4C[C@@H](O[Si](C)(C)C)CC[C@]4(C)[C@H]3CC[C@]12C. The summed E-state index contributed by atoms with van der Waals surface area (Å²) in [7, 11) is -4.77. The fourth-order valence-electron chi connectivity index (χ4n) is 9.30. The normalized spacial score (nSPS) is 42.3. The molecule has 0 N–H and O–H groups in total. The van der Waals surface area contributed by atoms with Crippen LogP contribution >= 0.6 is 0 Å². The lowest BCUT2D eigenvalue weighted by Crippen LogP contribution is -2.53. The summed E-state index contributed by atoms with van der Waals surface area (Å²) in [6, 6.07) is 0. The van der Waals surface area contributed by atoms with Crippen molar-refractivity contribution in [2.45, 2.75) is 143 Å². The van der Waals surface area contributed by atoms with Crippen molar-refractivity contribution in [1.29, 1.82) is 0 Å². The number of hydrogen-bond donors (Lipinski definition) is 0. The maximum Gasteiger partial charge on any atom is 0.184 e. The van der Waals surface area contributed by atoms with E-state index < -0.39 is 25.0 Å². The Morgan fingerprint density at radius 2 is 1.47 bits per heavy atom. The fourth-order valence-corrected chi connectivity index (χ4v) is 12.9. The van der Waals surface area contributed by atoms with E-state index in [-0.39, 0.29) is 6.10 Å². The molecule has 0 heterocycles. The third-order valence-electron chi connectivity index (χ3n) is 10.2. The first kappa shape index (κ1) is 29.3. The summed E-state index contributed by atoms with van der Waals surface area (Å²) in [4.78, 5) is 0. The topological polar surface area (TPSA) is 27.7 Å². The van der Waals surface area contributed by atoms with Gasteiger partial charge in [-0.3, -0.25) is 0 Å². The van der Waals surface area contributed by atoms with Crippen molar-refractivity contribution in [3.8, 4) is 0 Å². The highest BCUT2D eigenvalue weighted by molar-refractivity contribution is 6.70. The van der Waals surface area contributed by atoms with Gasteiger partial charge in [0.15, 0.2) is 25.0 Å². The zero-order valence-corrected chi connectivity index (χ0v) is 28.8. The van der Waals surface area contributed by atoms with E-state index in [0.717, 1.165) is 17.8 Å². The smallest absolute Gasteiger partial charge is 0.184 e. The molecule has 0 saturated heterocycles. The van der Waals surface area contributed by atoms with Crippen LogP contribution < -0.4 is 0 Å². The van der Waals surface area contributed by atoms with Crippen LogP contribution in [0.3, 0.4) is 0 Å². The summed E-state index contributed by atoms with van der Waals surface area (Å²) in [6.07, 6.45) is 12.7. The Balaban J connectivity index is 1.61. The van der Waals surface area contributed by atoms with Gasteiger partial charge >= 0.3 is 0 Å². The van der Waals surface area contributed by atoms with Gasteiger partial charge < -0.3 is 13.3 Å². The summed E-state index contributed by atoms with van der Waals surface area (Å²) >= 11 is 0. The molecule has 208 valence electrons. The predicted octanol–water partition coefficient (Wildman–Crippen LogP) is 8.86. The molecule has 0 bridgehead atoms. The van der Waals surface area contributed by atoms with Crippen molar-refractivity contribution in [2.75, 3.05) is 0 Å². The van der Waals surface area contributed by atoms with Crippen molar-refractivity contribution in [3.63, 3.8) is 0 Å². The summed E-state index contributed by atoms with van der Waals surface area (Å²) in [5.41, 5.74) is 2.43. The molecule has 6 heteroatoms. The van der Waals surface area contributed by atoms with Crippen molar-refractivity contribution in [2.24, 2.45) is 34.5 Å². The second-order valence-electron chi connectivity index (χ2n) is 16.4. The molecule has 0 radical (unpaired) electrons. The Morgan fingerprint density at radius 3 is 2.06 bits per heavy atom. The molecular weight excluding hydrogens is 493 g/mol. The van der Waals surface area contributed by atoms with E-state index in [1.165, 1.54) is 44.9 Å². The molecular formula is C30H58O3Si3. The van der Waals surface area contributed by atoms with Crippen LogP contribution in [0.15, 0.2) is 11.6 Å². The zero-order chi connectivity index (χ0) is 26.9. The van der Waals surface area contributed by atoms with E-state index in [1.54, 1.807) is 5.57 Å². The zero-order valence-electron chi connectivity index (χ0n) is 25.8. The molecule has 4 rings (SSSR count). The van der Waals surface area contributed by atoms with Gasteiger partial charge in [0.25, 0.3) is 0 Å². The monoisotopic (exact) mass is 550 g/mol. The average molecular weight is 551 g/mol. The van der Waals surface area contributed by atoms with Crippen LogP contribution in [0.1, 0.15) is 65.7 Å². The standard InChI is InChI=1S/C30H58O3Si3/c1-21(31-34(4,5)6)28-27(33-36(10,11)12)20-26-24-14-13-22-19-23(32-35(7,8)9)15-17-29(22,2)25(24)16-18-30(26,28)3/h13,21,23-28H,14-20H2,1-12H3/t21-,23+,24-,25+,26+,27-,28+,29+,30+/m1/s1. The van der Waals surface area contributed by atoms with Gasteiger partial charge in [0, 0.05) is 18.1 Å². The quantitative estimate of drug-likeness (QED) is 0.234. The number of fused-ring (bicyclic) bond motifs is 5. The maximum absolute atomic E-state index is 7.02. The number of allylic oxidation sites excluding steroid dienone is 1. The van der Waals surface area contributed by atoms with Crippen LogP contribution in [0, 0.1) is 34.5 Å². The minimum absolute atomic E-state index is 0.281. The molecule has 36 heavy (non-hydrogen) atoms. The Morgan fingerprint density at radius 1 is 0.833 bits per heavy atom. The third kappa shape index (κ3) is 5.89. The average Bonchev–Trinajstić information content (AvgIpc) is 2.96. The van der Waals surface area contributed by atoms with Gasteiger partial charge in [-0.1, -0.05) is 25.5 Å². The Bertz CT molecular complexity index is 838. The second-order valence-corrected chi connectivity index (χ2v) is 29.7. The van der Waals surface area contributed by atoms with Crippen LogP contribution in [0.4, 0.5) is 0 Å². The van der Waals surface area contributed by atoms with Crippen LogP contribution in [-0.4, -0.2) is 43.3 Å². The highest BCUT2D eigenvalue weighted by atomic mass is 28.4. The van der Waals surface area contributed by atoms with Gasteiger partial charge in [0.05, 0.1) is 6.10 Å². The van der Waals surface area contributed by atoms with Crippen LogP contribution in [0.5, 0.6) is 0 Å². The van der Waals surface area contributed by atoms with E-state index in [2.05, 4.69) is 85.8 Å². The van der Waals surface area contributed by atoms with Crippen LogP contribution in [0.25, 0.3) is 0 Å². The van der Waals surface area contributed by atoms with E-state index in [4.69, 9.17) is 13.3 Å². The molecule has 3 nitrogen and oxygen atoms in total. The molecule has 9 atom stereocenters. The van der Waals surface area contributed by atoms with E-state index in [0.29, 0.717) is 29.0 Å². The van der Waals surface area contributed by atoms with Crippen LogP contribution in [-0.2, 0) is 13.3 Å². The molecule has 3 fully saturated rings. The Labute approximate surface area is 226 Å². The molecule has 0 unspecified atom stereocenters. The van der Waals surface area contributed by atoms with E-state index >= 15 is 0 Å². The maximum atomic E-state index is 7.02. The first-order valence-electron chi connectivity index (χ1n) is 15.1. The van der Waals surface area contributed by atoms with Crippen molar-refractivity contribution >= 4 is 25.0 Å². The first-order chi connectivity index (χ1) is 16.3. The van der Waals surface area contributed by atoms with Gasteiger partial charge in [-0.25, -0.2) is 0 Å². The van der Waals surface area contributed by atoms with E-state index in [1.807, 2.05) is 0 Å². The van der Waals surface area contributed by atoms with E-state index in [9.17, 15) is 0 Å². The molecule has 0 aromatic rings. The predicted molar refractivity (Wildman–Crippen MR) is 161 cm³/mol. The molecule has 4 aliphatic rings. The molecule has 0 aromatic carbocycles. The first-order valence-corrected chi connectivity index (χ1v) is 25.3. The van der Waals surface area contributed by atoms with Gasteiger partial charge in [-0.15, -0.1) is 0 Å². The third-order valence-corrected chi connectivity index (χ3v) is 13.3. The summed E-state index contributed by atoms with van der Waals surface area (Å²) in [5, 5.41) is 0. The lowest BCUT2D eigenvalue weighted by molar-refractivity contribution is -0.0711. The summed E-state index contributed by atoms with van der Waals surface area (Å²) in [6.45, 7) is 28.8. The minimum atomic E-state index is -1.65. The second kappa shape index (κ2) is 9.72. The van der Waals surface area contributed by atoms with Crippen molar-refractivity contribution in [3.05, 3.63) is 11.6 Å². The van der Waals surface area contributed by atoms with Crippen molar-refractivity contribution in [1.82, 2.24) is 0 Å². The fraction of sp³-hybridized carbons (Fsp3) is 0.933. The largest absolute Gasteiger partial charge is 0.415 e. The van der Waals surface area contributed by atoms with Gasteiger partial charge in [-0.2, -0.15) is 0 Å². The van der Waals surface area contributed by atoms with Gasteiger partial charge in [-0.05, 0) is 139 Å². The Kier molecular flexibility index (Phi) is 7.90. The molecule has 0 spiro atoms. The lowest BCUT2D eigenvalue weighted by Gasteiger charge is -2.58. The highest BCUT2D eigenvalue weighted by Crippen LogP contribution is 2.67. The molecule has 0 amide bonds. The molecule has 3 saturated carbocycles. The minimum Gasteiger partial charge on any atom is -0.415 e. The lowest BCUT2D eigenvalue weighted by atomic mass is 9.47. The molecule has 0 aromatic heterocycles. The molecule has 4 aliphatic carbocycles. The van der Waals surface area contributed by atoms with Gasteiger partial charge in [0.1, 0.15) is 0 Å². The highest BCUT2D eigenvalue weighted by Gasteiger charge is 2.63. The summed E-state index contributed by atoms with van der Waals surface area (Å²) < 4.78 is 20.5.